The number of nitrogens with one attached hydrogen (secondary N) is 2. The number of aromatic nitrogens is 1. The highest BCUT2D eigenvalue weighted by Gasteiger charge is 2.24. The van der Waals surface area contributed by atoms with Crippen LogP contribution in [0.15, 0.2) is 12.3 Å². The van der Waals surface area contributed by atoms with Gasteiger partial charge in [0.05, 0.1) is 26.1 Å². The summed E-state index contributed by atoms with van der Waals surface area (Å²) in [6.45, 7) is 2.71. The Bertz CT molecular complexity index is 503. The molecule has 1 aliphatic rings. The molecule has 0 aromatic carbocycles. The maximum Gasteiger partial charge on any atom is 0.406 e. The minimum atomic E-state index is -0.398. The Hall–Kier alpha value is -1.82. The fourth-order valence-electron chi connectivity index (χ4n) is 2.35. The van der Waals surface area contributed by atoms with Crippen molar-refractivity contribution in [1.29, 1.82) is 0 Å². The number of methoxy groups -OCH3 is 2. The Morgan fingerprint density at radius 2 is 2.23 bits per heavy atom. The van der Waals surface area contributed by atoms with Crippen LogP contribution in [0.5, 0.6) is 5.75 Å². The van der Waals surface area contributed by atoms with E-state index in [9.17, 15) is 4.79 Å². The van der Waals surface area contributed by atoms with Gasteiger partial charge >= 0.3 is 6.09 Å². The zero-order valence-corrected chi connectivity index (χ0v) is 13.5. The highest BCUT2D eigenvalue weighted by Crippen LogP contribution is 2.26. The molecule has 0 aliphatic heterocycles. The maximum absolute atomic E-state index is 11.0. The van der Waals surface area contributed by atoms with Gasteiger partial charge in [-0.05, 0) is 44.2 Å². The van der Waals surface area contributed by atoms with Crippen LogP contribution in [0.3, 0.4) is 0 Å². The third-order valence-corrected chi connectivity index (χ3v) is 3.77. The summed E-state index contributed by atoms with van der Waals surface area (Å²) in [5.41, 5.74) is 2.15. The van der Waals surface area contributed by atoms with Crippen molar-refractivity contribution < 1.29 is 14.3 Å². The molecule has 1 aromatic rings. The second kappa shape index (κ2) is 7.98. The zero-order chi connectivity index (χ0) is 15.9. The van der Waals surface area contributed by atoms with E-state index in [0.717, 1.165) is 29.8 Å². The average Bonchev–Trinajstić information content (AvgIpc) is 3.34. The first kappa shape index (κ1) is 16.5. The van der Waals surface area contributed by atoms with Crippen LogP contribution in [0.4, 0.5) is 4.79 Å². The third-order valence-electron chi connectivity index (χ3n) is 3.77. The number of nitrogens with zero attached hydrogens (tertiary/aromatic N) is 1. The molecule has 1 heterocycles. The highest BCUT2D eigenvalue weighted by atomic mass is 16.5. The van der Waals surface area contributed by atoms with Crippen molar-refractivity contribution in [3.8, 4) is 5.75 Å². The number of alkyl carbamates (subject to hydrolysis) is 1. The van der Waals surface area contributed by atoms with Gasteiger partial charge in [-0.15, -0.1) is 0 Å². The number of rotatable bonds is 8. The standard InChI is InChI=1S/C16H25N3O3/c1-11(19-13-6-7-13)14-9-12(15(21-2)10-18-14)5-4-8-17-16(20)22-3/h9-11,13,19H,4-8H2,1-3H3,(H,17,20). The lowest BCUT2D eigenvalue weighted by molar-refractivity contribution is 0.171. The lowest BCUT2D eigenvalue weighted by atomic mass is 10.1. The van der Waals surface area contributed by atoms with E-state index in [2.05, 4.69) is 33.3 Å². The largest absolute Gasteiger partial charge is 0.495 e. The molecule has 0 spiro atoms. The molecule has 1 saturated carbocycles. The molecule has 22 heavy (non-hydrogen) atoms. The second-order valence-corrected chi connectivity index (χ2v) is 5.61. The smallest absolute Gasteiger partial charge is 0.406 e. The first-order valence-corrected chi connectivity index (χ1v) is 7.74. The molecular weight excluding hydrogens is 282 g/mol. The molecule has 1 amide bonds. The summed E-state index contributed by atoms with van der Waals surface area (Å²) in [7, 11) is 3.01. The van der Waals surface area contributed by atoms with Crippen molar-refractivity contribution >= 4 is 6.09 Å². The normalized spacial score (nSPS) is 15.2. The van der Waals surface area contributed by atoms with Crippen LogP contribution in [0.25, 0.3) is 0 Å². The van der Waals surface area contributed by atoms with Crippen LogP contribution in [0, 0.1) is 0 Å². The molecule has 6 nitrogen and oxygen atoms in total. The number of aryl methyl sites for hydroxylation is 1. The van der Waals surface area contributed by atoms with Crippen LogP contribution < -0.4 is 15.4 Å². The molecule has 0 saturated heterocycles. The lowest BCUT2D eigenvalue weighted by Gasteiger charge is -2.15. The molecule has 0 radical (unpaired) electrons. The summed E-state index contributed by atoms with van der Waals surface area (Å²) in [6.07, 6.45) is 5.53. The predicted octanol–water partition coefficient (Wildman–Crippen LogP) is 2.19. The van der Waals surface area contributed by atoms with Gasteiger partial charge in [0.25, 0.3) is 0 Å². The van der Waals surface area contributed by atoms with E-state index in [0.29, 0.717) is 12.6 Å². The summed E-state index contributed by atoms with van der Waals surface area (Å²) in [5, 5.41) is 6.23. The zero-order valence-electron chi connectivity index (χ0n) is 13.5. The van der Waals surface area contributed by atoms with E-state index < -0.39 is 6.09 Å². The van der Waals surface area contributed by atoms with Gasteiger partial charge < -0.3 is 20.1 Å². The molecule has 1 aromatic heterocycles. The van der Waals surface area contributed by atoms with Crippen LogP contribution in [-0.2, 0) is 11.2 Å². The Balaban J connectivity index is 1.93. The molecule has 6 heteroatoms. The van der Waals surface area contributed by atoms with Gasteiger partial charge in [-0.25, -0.2) is 4.79 Å². The van der Waals surface area contributed by atoms with Gasteiger partial charge in [-0.2, -0.15) is 0 Å². The van der Waals surface area contributed by atoms with Crippen LogP contribution in [0.2, 0.25) is 0 Å². The SMILES string of the molecule is COC(=O)NCCCc1cc(C(C)NC2CC2)ncc1OC. The second-order valence-electron chi connectivity index (χ2n) is 5.61. The molecule has 0 bridgehead atoms. The first-order valence-electron chi connectivity index (χ1n) is 7.74. The maximum atomic E-state index is 11.0. The van der Waals surface area contributed by atoms with Gasteiger partial charge in [-0.1, -0.05) is 0 Å². The minimum Gasteiger partial charge on any atom is -0.495 e. The van der Waals surface area contributed by atoms with Crippen LogP contribution in [-0.4, -0.2) is 37.9 Å². The molecule has 2 N–H and O–H groups in total. The molecule has 1 atom stereocenters. The van der Waals surface area contributed by atoms with Crippen molar-refractivity contribution in [3.05, 3.63) is 23.5 Å². The highest BCUT2D eigenvalue weighted by molar-refractivity contribution is 5.66. The van der Waals surface area contributed by atoms with E-state index in [4.69, 9.17) is 4.74 Å². The van der Waals surface area contributed by atoms with Crippen molar-refractivity contribution in [2.24, 2.45) is 0 Å². The van der Waals surface area contributed by atoms with Crippen molar-refractivity contribution in [2.45, 2.75) is 44.7 Å². The summed E-state index contributed by atoms with van der Waals surface area (Å²) in [4.78, 5) is 15.5. The monoisotopic (exact) mass is 307 g/mol. The number of hydrogen-bond acceptors (Lipinski definition) is 5. The number of hydrogen-bond donors (Lipinski definition) is 2. The fourth-order valence-corrected chi connectivity index (χ4v) is 2.35. The van der Waals surface area contributed by atoms with Crippen LogP contribution in [0.1, 0.15) is 43.5 Å². The predicted molar refractivity (Wildman–Crippen MR) is 84.1 cm³/mol. The molecule has 1 fully saturated rings. The van der Waals surface area contributed by atoms with E-state index in [1.165, 1.54) is 20.0 Å². The number of carbonyl (C=O) groups is 1. The number of pyridine rings is 1. The average molecular weight is 307 g/mol. The fraction of sp³-hybridized carbons (Fsp3) is 0.625. The van der Waals surface area contributed by atoms with Gasteiger partial charge in [0.1, 0.15) is 5.75 Å². The number of carbonyl (C=O) groups excluding carboxylic acids is 1. The summed E-state index contributed by atoms with van der Waals surface area (Å²) >= 11 is 0. The molecule has 1 aliphatic carbocycles. The Labute approximate surface area is 131 Å². The summed E-state index contributed by atoms with van der Waals surface area (Å²) < 4.78 is 9.93. The molecule has 2 rings (SSSR count). The van der Waals surface area contributed by atoms with Gasteiger partial charge in [0.2, 0.25) is 0 Å². The van der Waals surface area contributed by atoms with E-state index in [1.54, 1.807) is 13.3 Å². The van der Waals surface area contributed by atoms with Crippen LogP contribution >= 0.6 is 0 Å². The van der Waals surface area contributed by atoms with Gasteiger partial charge in [-0.3, -0.25) is 4.98 Å². The quantitative estimate of drug-likeness (QED) is 0.720. The summed E-state index contributed by atoms with van der Waals surface area (Å²) in [5.74, 6) is 0.792. The topological polar surface area (TPSA) is 72.5 Å². The van der Waals surface area contributed by atoms with E-state index in [-0.39, 0.29) is 6.04 Å². The molecule has 1 unspecified atom stereocenters. The van der Waals surface area contributed by atoms with E-state index in [1.807, 2.05) is 0 Å². The first-order chi connectivity index (χ1) is 10.6. The number of amides is 1. The Kier molecular flexibility index (Phi) is 6.00. The van der Waals surface area contributed by atoms with Crippen molar-refractivity contribution in [3.63, 3.8) is 0 Å². The van der Waals surface area contributed by atoms with E-state index >= 15 is 0 Å². The summed E-state index contributed by atoms with van der Waals surface area (Å²) in [6, 6.07) is 2.98. The van der Waals surface area contributed by atoms with Gasteiger partial charge in [0.15, 0.2) is 0 Å². The lowest BCUT2D eigenvalue weighted by Crippen LogP contribution is -2.24. The van der Waals surface area contributed by atoms with Crippen molar-refractivity contribution in [1.82, 2.24) is 15.6 Å². The molecular formula is C16H25N3O3. The minimum absolute atomic E-state index is 0.241. The van der Waals surface area contributed by atoms with Gasteiger partial charge in [0, 0.05) is 18.6 Å². The molecule has 122 valence electrons. The van der Waals surface area contributed by atoms with Crippen molar-refractivity contribution in [2.75, 3.05) is 20.8 Å². The Morgan fingerprint density at radius 3 is 2.86 bits per heavy atom. The Morgan fingerprint density at radius 1 is 1.45 bits per heavy atom. The number of ether oxygens (including phenoxy) is 2. The third kappa shape index (κ3) is 4.87.